The average Bonchev–Trinajstić information content (AvgIpc) is 2.47. The van der Waals surface area contributed by atoms with E-state index in [1.165, 1.54) is 0 Å². The lowest BCUT2D eigenvalue weighted by atomic mass is 9.86. The molecule has 4 nitrogen and oxygen atoms in total. The molecule has 0 aliphatic carbocycles. The second-order valence-electron chi connectivity index (χ2n) is 8.59. The molecule has 2 unspecified atom stereocenters. The van der Waals surface area contributed by atoms with Crippen molar-refractivity contribution in [1.29, 1.82) is 0 Å². The summed E-state index contributed by atoms with van der Waals surface area (Å²) >= 11 is 0. The lowest BCUT2D eigenvalue weighted by molar-refractivity contribution is -0.0660. The van der Waals surface area contributed by atoms with Crippen molar-refractivity contribution < 1.29 is 19.7 Å². The molecule has 0 aliphatic rings. The highest BCUT2D eigenvalue weighted by Crippen LogP contribution is 2.28. The lowest BCUT2D eigenvalue weighted by Gasteiger charge is -2.33. The first-order valence-electron chi connectivity index (χ1n) is 9.03. The predicted octanol–water partition coefficient (Wildman–Crippen LogP) is 3.64. The van der Waals surface area contributed by atoms with Crippen LogP contribution >= 0.6 is 0 Å². The van der Waals surface area contributed by atoms with Gasteiger partial charge in [0.2, 0.25) is 0 Å². The normalized spacial score (nSPS) is 17.7. The van der Waals surface area contributed by atoms with Gasteiger partial charge in [-0.1, -0.05) is 54.4 Å². The SMILES string of the molecule is CCCC(C)(CO)COCC(C)(CCC)COCC(C)(C)CO. The van der Waals surface area contributed by atoms with Crippen LogP contribution in [0.4, 0.5) is 0 Å². The molecular weight excluding hydrogens is 292 g/mol. The van der Waals surface area contributed by atoms with Gasteiger partial charge in [-0.05, 0) is 12.8 Å². The third kappa shape index (κ3) is 9.65. The number of hydrogen-bond donors (Lipinski definition) is 2. The summed E-state index contributed by atoms with van der Waals surface area (Å²) in [5.74, 6) is 0. The number of aliphatic hydroxyl groups excluding tert-OH is 2. The maximum absolute atomic E-state index is 9.58. The zero-order valence-electron chi connectivity index (χ0n) is 16.3. The van der Waals surface area contributed by atoms with Gasteiger partial charge >= 0.3 is 0 Å². The molecule has 0 aromatic carbocycles. The third-order valence-corrected chi connectivity index (χ3v) is 4.36. The van der Waals surface area contributed by atoms with Gasteiger partial charge in [0.05, 0.1) is 39.6 Å². The van der Waals surface area contributed by atoms with Gasteiger partial charge in [-0.25, -0.2) is 0 Å². The Morgan fingerprint density at radius 1 is 0.652 bits per heavy atom. The second kappa shape index (κ2) is 10.7. The van der Waals surface area contributed by atoms with Gasteiger partial charge in [0.1, 0.15) is 0 Å². The van der Waals surface area contributed by atoms with Crippen molar-refractivity contribution in [1.82, 2.24) is 0 Å². The van der Waals surface area contributed by atoms with E-state index in [2.05, 4.69) is 27.7 Å². The maximum Gasteiger partial charge on any atom is 0.0542 e. The van der Waals surface area contributed by atoms with E-state index >= 15 is 0 Å². The predicted molar refractivity (Wildman–Crippen MR) is 95.6 cm³/mol. The van der Waals surface area contributed by atoms with Crippen LogP contribution in [-0.4, -0.2) is 49.9 Å². The van der Waals surface area contributed by atoms with Crippen LogP contribution < -0.4 is 0 Å². The molecule has 0 radical (unpaired) electrons. The smallest absolute Gasteiger partial charge is 0.0542 e. The van der Waals surface area contributed by atoms with Crippen LogP contribution in [0.25, 0.3) is 0 Å². The monoisotopic (exact) mass is 332 g/mol. The summed E-state index contributed by atoms with van der Waals surface area (Å²) in [5.41, 5.74) is -0.380. The van der Waals surface area contributed by atoms with Crippen LogP contribution in [0, 0.1) is 16.2 Å². The average molecular weight is 333 g/mol. The fraction of sp³-hybridized carbons (Fsp3) is 1.00. The Morgan fingerprint density at radius 3 is 1.52 bits per heavy atom. The van der Waals surface area contributed by atoms with E-state index in [0.717, 1.165) is 25.7 Å². The molecule has 2 atom stereocenters. The van der Waals surface area contributed by atoms with Crippen LogP contribution in [0.2, 0.25) is 0 Å². The van der Waals surface area contributed by atoms with Crippen molar-refractivity contribution in [2.24, 2.45) is 16.2 Å². The summed E-state index contributed by atoms with van der Waals surface area (Å²) in [7, 11) is 0. The van der Waals surface area contributed by atoms with Crippen molar-refractivity contribution in [3.05, 3.63) is 0 Å². The van der Waals surface area contributed by atoms with E-state index in [4.69, 9.17) is 9.47 Å². The first kappa shape index (κ1) is 22.8. The molecule has 0 spiro atoms. The van der Waals surface area contributed by atoms with E-state index in [0.29, 0.717) is 26.4 Å². The number of hydrogen-bond acceptors (Lipinski definition) is 4. The molecule has 0 saturated carbocycles. The highest BCUT2D eigenvalue weighted by Gasteiger charge is 2.28. The van der Waals surface area contributed by atoms with Gasteiger partial charge in [-0.2, -0.15) is 0 Å². The number of ether oxygens (including phenoxy) is 2. The molecule has 0 rings (SSSR count). The van der Waals surface area contributed by atoms with E-state index in [1.54, 1.807) is 0 Å². The Hall–Kier alpha value is -0.160. The van der Waals surface area contributed by atoms with Crippen LogP contribution in [0.1, 0.15) is 67.2 Å². The van der Waals surface area contributed by atoms with Crippen LogP contribution in [0.3, 0.4) is 0 Å². The van der Waals surface area contributed by atoms with Crippen LogP contribution in [0.5, 0.6) is 0 Å². The van der Waals surface area contributed by atoms with Gasteiger partial charge < -0.3 is 19.7 Å². The quantitative estimate of drug-likeness (QED) is 0.510. The minimum Gasteiger partial charge on any atom is -0.396 e. The van der Waals surface area contributed by atoms with Gasteiger partial charge in [-0.15, -0.1) is 0 Å². The van der Waals surface area contributed by atoms with Crippen molar-refractivity contribution >= 4 is 0 Å². The fourth-order valence-electron chi connectivity index (χ4n) is 2.75. The Balaban J connectivity index is 4.42. The van der Waals surface area contributed by atoms with Gasteiger partial charge in [0.25, 0.3) is 0 Å². The van der Waals surface area contributed by atoms with E-state index in [1.807, 2.05) is 13.8 Å². The topological polar surface area (TPSA) is 58.9 Å². The minimum absolute atomic E-state index is 0.0249. The Morgan fingerprint density at radius 2 is 1.09 bits per heavy atom. The molecule has 0 amide bonds. The van der Waals surface area contributed by atoms with Crippen molar-refractivity contribution in [2.45, 2.75) is 67.2 Å². The van der Waals surface area contributed by atoms with E-state index in [-0.39, 0.29) is 29.5 Å². The third-order valence-electron chi connectivity index (χ3n) is 4.36. The second-order valence-corrected chi connectivity index (χ2v) is 8.59. The largest absolute Gasteiger partial charge is 0.396 e. The molecule has 0 saturated heterocycles. The molecule has 23 heavy (non-hydrogen) atoms. The Bertz CT molecular complexity index is 306. The molecule has 2 N–H and O–H groups in total. The molecule has 4 heteroatoms. The number of rotatable bonds is 14. The van der Waals surface area contributed by atoms with Crippen molar-refractivity contribution in [3.8, 4) is 0 Å². The van der Waals surface area contributed by atoms with Crippen molar-refractivity contribution in [3.63, 3.8) is 0 Å². The summed E-state index contributed by atoms with van der Waals surface area (Å²) in [6, 6.07) is 0. The summed E-state index contributed by atoms with van der Waals surface area (Å²) < 4.78 is 11.9. The highest BCUT2D eigenvalue weighted by molar-refractivity contribution is 4.77. The molecule has 0 heterocycles. The molecule has 0 aromatic rings. The molecule has 0 fully saturated rings. The molecule has 140 valence electrons. The van der Waals surface area contributed by atoms with Crippen LogP contribution in [0.15, 0.2) is 0 Å². The standard InChI is InChI=1S/C19H40O4/c1-7-9-18(5,12-21)14-23-16-19(6,10-8-2)15-22-13-17(3,4)11-20/h20-21H,7-16H2,1-6H3. The lowest BCUT2D eigenvalue weighted by Crippen LogP contribution is -2.35. The fourth-order valence-corrected chi connectivity index (χ4v) is 2.75. The molecule has 0 aliphatic heterocycles. The zero-order valence-corrected chi connectivity index (χ0v) is 16.3. The molecule has 0 aromatic heterocycles. The first-order chi connectivity index (χ1) is 10.7. The van der Waals surface area contributed by atoms with Crippen LogP contribution in [-0.2, 0) is 9.47 Å². The highest BCUT2D eigenvalue weighted by atomic mass is 16.5. The summed E-state index contributed by atoms with van der Waals surface area (Å²) in [6.07, 6.45) is 4.14. The minimum atomic E-state index is -0.204. The van der Waals surface area contributed by atoms with E-state index < -0.39 is 0 Å². The Kier molecular flexibility index (Phi) is 10.6. The molecule has 0 bridgehead atoms. The van der Waals surface area contributed by atoms with Crippen molar-refractivity contribution in [2.75, 3.05) is 39.6 Å². The first-order valence-corrected chi connectivity index (χ1v) is 9.03. The summed E-state index contributed by atoms with van der Waals surface area (Å²) in [6.45, 7) is 15.3. The van der Waals surface area contributed by atoms with Gasteiger partial charge in [-0.3, -0.25) is 0 Å². The molecular formula is C19H40O4. The summed E-state index contributed by atoms with van der Waals surface area (Å²) in [4.78, 5) is 0. The maximum atomic E-state index is 9.58. The van der Waals surface area contributed by atoms with Gasteiger partial charge in [0.15, 0.2) is 0 Å². The Labute approximate surface area is 143 Å². The zero-order chi connectivity index (χ0) is 18.0. The van der Waals surface area contributed by atoms with E-state index in [9.17, 15) is 10.2 Å². The summed E-state index contributed by atoms with van der Waals surface area (Å²) in [5, 5.41) is 18.9. The number of aliphatic hydroxyl groups is 2. The van der Waals surface area contributed by atoms with Gasteiger partial charge in [0, 0.05) is 16.2 Å².